The zero-order valence-corrected chi connectivity index (χ0v) is 11.8. The van der Waals surface area contributed by atoms with Gasteiger partial charge >= 0.3 is 0 Å². The van der Waals surface area contributed by atoms with Crippen molar-refractivity contribution in [1.82, 2.24) is 5.32 Å². The summed E-state index contributed by atoms with van der Waals surface area (Å²) in [5, 5.41) is 2.65. The van der Waals surface area contributed by atoms with Crippen LogP contribution in [0.25, 0.3) is 6.08 Å². The molecule has 1 aliphatic rings. The van der Waals surface area contributed by atoms with Crippen LogP contribution in [0.4, 0.5) is 0 Å². The fourth-order valence-electron chi connectivity index (χ4n) is 2.20. The van der Waals surface area contributed by atoms with Gasteiger partial charge in [-0.1, -0.05) is 42.5 Å². The number of carbonyl (C=O) groups excluding carboxylic acids is 2. The normalized spacial score (nSPS) is 19.5. The van der Waals surface area contributed by atoms with Crippen molar-refractivity contribution in [2.75, 3.05) is 6.61 Å². The topological polar surface area (TPSA) is 81.4 Å². The first-order valence-electron chi connectivity index (χ1n) is 7.09. The number of nitrogens with one attached hydrogen (secondary N) is 1. The van der Waals surface area contributed by atoms with Crippen molar-refractivity contribution >= 4 is 17.9 Å². The number of benzene rings is 1. The third kappa shape index (κ3) is 4.72. The van der Waals surface area contributed by atoms with Gasteiger partial charge < -0.3 is 15.8 Å². The fraction of sp³-hybridized carbons (Fsp3) is 0.375. The van der Waals surface area contributed by atoms with Gasteiger partial charge in [0.2, 0.25) is 11.8 Å². The van der Waals surface area contributed by atoms with E-state index < -0.39 is 18.1 Å². The second-order valence-electron chi connectivity index (χ2n) is 5.01. The molecule has 1 fully saturated rings. The standard InChI is InChI=1S/C16H20N2O3/c17-15(19)13(18-16(20)14-10-5-11-21-14)9-4-8-12-6-2-1-3-7-12/h1-4,6-8,13-14H,5,9-11H2,(H2,17,19)(H,18,20)/b8-4+/t13-,14-/m1/s1. The Bertz CT molecular complexity index is 508. The maximum absolute atomic E-state index is 11.9. The Balaban J connectivity index is 1.88. The van der Waals surface area contributed by atoms with E-state index in [0.717, 1.165) is 12.0 Å². The number of nitrogens with two attached hydrogens (primary N) is 1. The zero-order chi connectivity index (χ0) is 15.1. The van der Waals surface area contributed by atoms with Gasteiger partial charge in [0.25, 0.3) is 0 Å². The highest BCUT2D eigenvalue weighted by molar-refractivity contribution is 5.88. The lowest BCUT2D eigenvalue weighted by Crippen LogP contribution is -2.47. The molecule has 5 nitrogen and oxygen atoms in total. The number of hydrogen-bond acceptors (Lipinski definition) is 3. The summed E-state index contributed by atoms with van der Waals surface area (Å²) in [7, 11) is 0. The summed E-state index contributed by atoms with van der Waals surface area (Å²) in [5.41, 5.74) is 6.37. The van der Waals surface area contributed by atoms with E-state index >= 15 is 0 Å². The zero-order valence-electron chi connectivity index (χ0n) is 11.8. The summed E-state index contributed by atoms with van der Waals surface area (Å²) in [6, 6.07) is 9.02. The van der Waals surface area contributed by atoms with Crippen molar-refractivity contribution in [2.24, 2.45) is 5.73 Å². The summed E-state index contributed by atoms with van der Waals surface area (Å²) in [4.78, 5) is 23.4. The van der Waals surface area contributed by atoms with E-state index in [0.29, 0.717) is 19.4 Å². The van der Waals surface area contributed by atoms with Crippen LogP contribution in [0.2, 0.25) is 0 Å². The van der Waals surface area contributed by atoms with Crippen molar-refractivity contribution in [1.29, 1.82) is 0 Å². The molecule has 0 saturated carbocycles. The molecule has 1 aromatic rings. The van der Waals surface area contributed by atoms with Crippen LogP contribution < -0.4 is 11.1 Å². The van der Waals surface area contributed by atoms with E-state index in [9.17, 15) is 9.59 Å². The Morgan fingerprint density at radius 2 is 2.14 bits per heavy atom. The molecule has 1 saturated heterocycles. The minimum absolute atomic E-state index is 0.260. The molecule has 1 heterocycles. The van der Waals surface area contributed by atoms with Gasteiger partial charge in [0, 0.05) is 6.61 Å². The third-order valence-corrected chi connectivity index (χ3v) is 3.36. The van der Waals surface area contributed by atoms with Crippen LogP contribution in [0.3, 0.4) is 0 Å². The van der Waals surface area contributed by atoms with E-state index in [4.69, 9.17) is 10.5 Å². The highest BCUT2D eigenvalue weighted by atomic mass is 16.5. The summed E-state index contributed by atoms with van der Waals surface area (Å²) < 4.78 is 5.29. The van der Waals surface area contributed by atoms with Crippen LogP contribution in [-0.4, -0.2) is 30.6 Å². The minimum Gasteiger partial charge on any atom is -0.368 e. The van der Waals surface area contributed by atoms with Crippen LogP contribution in [0.1, 0.15) is 24.8 Å². The monoisotopic (exact) mass is 288 g/mol. The molecular formula is C16H20N2O3. The first kappa shape index (κ1) is 15.3. The van der Waals surface area contributed by atoms with Crippen LogP contribution in [0.15, 0.2) is 36.4 Å². The number of hydrogen-bond donors (Lipinski definition) is 2. The molecule has 1 aliphatic heterocycles. The molecule has 0 unspecified atom stereocenters. The number of primary amides is 1. The van der Waals surface area contributed by atoms with Crippen molar-refractivity contribution in [3.63, 3.8) is 0 Å². The van der Waals surface area contributed by atoms with Gasteiger partial charge in [0.1, 0.15) is 12.1 Å². The molecule has 5 heteroatoms. The summed E-state index contributed by atoms with van der Waals surface area (Å²) in [5.74, 6) is -0.802. The molecule has 0 aromatic heterocycles. The molecule has 0 spiro atoms. The predicted molar refractivity (Wildman–Crippen MR) is 80.2 cm³/mol. The lowest BCUT2D eigenvalue weighted by molar-refractivity contribution is -0.133. The van der Waals surface area contributed by atoms with Crippen LogP contribution >= 0.6 is 0 Å². The number of amides is 2. The molecule has 2 rings (SSSR count). The Kier molecular flexibility index (Phi) is 5.51. The first-order valence-corrected chi connectivity index (χ1v) is 7.09. The highest BCUT2D eigenvalue weighted by Gasteiger charge is 2.26. The van der Waals surface area contributed by atoms with E-state index in [-0.39, 0.29) is 5.91 Å². The molecule has 0 radical (unpaired) electrons. The largest absolute Gasteiger partial charge is 0.368 e. The summed E-state index contributed by atoms with van der Waals surface area (Å²) in [6.45, 7) is 0.591. The van der Waals surface area contributed by atoms with Gasteiger partial charge in [-0.15, -0.1) is 0 Å². The molecular weight excluding hydrogens is 268 g/mol. The summed E-state index contributed by atoms with van der Waals surface area (Å²) in [6.07, 6.45) is 5.20. The third-order valence-electron chi connectivity index (χ3n) is 3.36. The van der Waals surface area contributed by atoms with E-state index in [1.165, 1.54) is 0 Å². The SMILES string of the molecule is NC(=O)[C@@H](C/C=C/c1ccccc1)NC(=O)[C@H]1CCCO1. The Labute approximate surface area is 124 Å². The molecule has 3 N–H and O–H groups in total. The fourth-order valence-corrected chi connectivity index (χ4v) is 2.20. The maximum atomic E-state index is 11.9. The molecule has 21 heavy (non-hydrogen) atoms. The van der Waals surface area contributed by atoms with Crippen molar-refractivity contribution in [3.05, 3.63) is 42.0 Å². The Morgan fingerprint density at radius 3 is 2.76 bits per heavy atom. The van der Waals surface area contributed by atoms with Crippen molar-refractivity contribution < 1.29 is 14.3 Å². The molecule has 0 bridgehead atoms. The average Bonchev–Trinajstić information content (AvgIpc) is 3.01. The second kappa shape index (κ2) is 7.59. The maximum Gasteiger partial charge on any atom is 0.249 e. The quantitative estimate of drug-likeness (QED) is 0.826. The smallest absolute Gasteiger partial charge is 0.249 e. The summed E-state index contributed by atoms with van der Waals surface area (Å²) >= 11 is 0. The van der Waals surface area contributed by atoms with Crippen molar-refractivity contribution in [3.8, 4) is 0 Å². The van der Waals surface area contributed by atoms with Gasteiger partial charge in [0.15, 0.2) is 0 Å². The van der Waals surface area contributed by atoms with Gasteiger partial charge in [-0.2, -0.15) is 0 Å². The predicted octanol–water partition coefficient (Wildman–Crippen LogP) is 1.24. The van der Waals surface area contributed by atoms with E-state index in [1.807, 2.05) is 42.5 Å². The van der Waals surface area contributed by atoms with E-state index in [2.05, 4.69) is 5.32 Å². The average molecular weight is 288 g/mol. The highest BCUT2D eigenvalue weighted by Crippen LogP contribution is 2.12. The second-order valence-corrected chi connectivity index (χ2v) is 5.01. The Morgan fingerprint density at radius 1 is 1.38 bits per heavy atom. The molecule has 0 aliphatic carbocycles. The van der Waals surface area contributed by atoms with Crippen LogP contribution in [0.5, 0.6) is 0 Å². The minimum atomic E-state index is -0.707. The Hall–Kier alpha value is -2.14. The van der Waals surface area contributed by atoms with Gasteiger partial charge in [-0.3, -0.25) is 9.59 Å². The molecule has 2 amide bonds. The van der Waals surface area contributed by atoms with Gasteiger partial charge in [-0.25, -0.2) is 0 Å². The lowest BCUT2D eigenvalue weighted by atomic mass is 10.1. The molecule has 112 valence electrons. The molecule has 1 aromatic carbocycles. The number of ether oxygens (including phenoxy) is 1. The van der Waals surface area contributed by atoms with Crippen molar-refractivity contribution in [2.45, 2.75) is 31.4 Å². The van der Waals surface area contributed by atoms with Gasteiger partial charge in [0.05, 0.1) is 0 Å². The lowest BCUT2D eigenvalue weighted by Gasteiger charge is -2.16. The first-order chi connectivity index (χ1) is 10.2. The number of rotatable bonds is 6. The van der Waals surface area contributed by atoms with Crippen LogP contribution in [0, 0.1) is 0 Å². The number of carbonyl (C=O) groups is 2. The molecule has 2 atom stereocenters. The van der Waals surface area contributed by atoms with Gasteiger partial charge in [-0.05, 0) is 24.8 Å². The van der Waals surface area contributed by atoms with Crippen LogP contribution in [-0.2, 0) is 14.3 Å². The van der Waals surface area contributed by atoms with E-state index in [1.54, 1.807) is 0 Å².